The standard InChI is InChI=1S/C49H70O8/c1-7-13-20-30-51-40-29-28-39-37-26-18-19-27-38(37)43-44(42(39)45(40)53-31-21-14-8-2)47(54-32-22-15-9-3)49(57-34-24-17-11-5)48(56-33-23-16-10-4)46(43)55-36-25-35-52-41(50)12-6/h12,18-19,26-29H,6-11,13-17,20-25,30-36H2,1-5H3. The predicted octanol–water partition coefficient (Wildman–Crippen LogP) is 13.5. The molecule has 0 N–H and O–H groups in total. The van der Waals surface area contributed by atoms with Crippen LogP contribution in [0.1, 0.15) is 137 Å². The first-order valence-corrected chi connectivity index (χ1v) is 22.1. The summed E-state index contributed by atoms with van der Waals surface area (Å²) >= 11 is 0. The molecule has 0 unspecified atom stereocenters. The summed E-state index contributed by atoms with van der Waals surface area (Å²) in [6, 6.07) is 12.7. The summed E-state index contributed by atoms with van der Waals surface area (Å²) in [5, 5.41) is 5.77. The number of unbranched alkanes of at least 4 members (excludes halogenated alkanes) is 10. The van der Waals surface area contributed by atoms with Crippen molar-refractivity contribution < 1.29 is 38.0 Å². The fourth-order valence-electron chi connectivity index (χ4n) is 7.03. The Kier molecular flexibility index (Phi) is 20.6. The van der Waals surface area contributed by atoms with E-state index < -0.39 is 5.97 Å². The third-order valence-electron chi connectivity index (χ3n) is 10.1. The molecule has 0 aromatic heterocycles. The molecular weight excluding hydrogens is 717 g/mol. The lowest BCUT2D eigenvalue weighted by atomic mass is 9.91. The van der Waals surface area contributed by atoms with Crippen molar-refractivity contribution in [1.82, 2.24) is 0 Å². The van der Waals surface area contributed by atoms with Crippen molar-refractivity contribution >= 4 is 38.3 Å². The number of rotatable bonds is 31. The average molecular weight is 787 g/mol. The predicted molar refractivity (Wildman–Crippen MR) is 235 cm³/mol. The van der Waals surface area contributed by atoms with Gasteiger partial charge in [0, 0.05) is 28.7 Å². The first-order chi connectivity index (χ1) is 28.1. The highest BCUT2D eigenvalue weighted by Gasteiger charge is 2.30. The second-order valence-electron chi connectivity index (χ2n) is 14.8. The molecular formula is C49H70O8. The number of fused-ring (bicyclic) bond motifs is 6. The molecule has 0 saturated heterocycles. The van der Waals surface area contributed by atoms with Crippen LogP contribution in [0.25, 0.3) is 32.3 Å². The summed E-state index contributed by atoms with van der Waals surface area (Å²) in [7, 11) is 0. The van der Waals surface area contributed by atoms with Crippen molar-refractivity contribution in [2.45, 2.75) is 137 Å². The van der Waals surface area contributed by atoms with E-state index in [9.17, 15) is 4.79 Å². The number of carbonyl (C=O) groups is 1. The number of esters is 1. The van der Waals surface area contributed by atoms with Gasteiger partial charge < -0.3 is 33.2 Å². The first-order valence-electron chi connectivity index (χ1n) is 22.1. The molecule has 0 fully saturated rings. The first kappa shape index (κ1) is 45.4. The SMILES string of the molecule is C=CC(=O)OCCCOc1c(OCCCCC)c(OCCCCC)c(OCCCCC)c2c3c(OCCCCC)c(OCCCCC)ccc3c3ccccc3c12. The Morgan fingerprint density at radius 3 is 1.35 bits per heavy atom. The molecule has 4 aromatic carbocycles. The summed E-state index contributed by atoms with van der Waals surface area (Å²) in [6.45, 7) is 17.7. The van der Waals surface area contributed by atoms with E-state index in [0.717, 1.165) is 134 Å². The van der Waals surface area contributed by atoms with Crippen LogP contribution in [0.3, 0.4) is 0 Å². The van der Waals surface area contributed by atoms with Crippen molar-refractivity contribution in [3.63, 3.8) is 0 Å². The van der Waals surface area contributed by atoms with Gasteiger partial charge in [0.25, 0.3) is 0 Å². The smallest absolute Gasteiger partial charge is 0.330 e. The number of benzene rings is 4. The summed E-state index contributed by atoms with van der Waals surface area (Å²) in [5.74, 6) is 3.32. The van der Waals surface area contributed by atoms with Crippen LogP contribution in [0.15, 0.2) is 49.1 Å². The molecule has 4 aromatic rings. The Hall–Kier alpha value is -4.33. The summed E-state index contributed by atoms with van der Waals surface area (Å²) in [6.07, 6.45) is 17.0. The maximum atomic E-state index is 11.9. The second kappa shape index (κ2) is 25.8. The van der Waals surface area contributed by atoms with Gasteiger partial charge in [0.05, 0.1) is 46.2 Å². The van der Waals surface area contributed by atoms with Gasteiger partial charge in [-0.15, -0.1) is 0 Å². The van der Waals surface area contributed by atoms with Gasteiger partial charge in [-0.1, -0.05) is 130 Å². The van der Waals surface area contributed by atoms with Gasteiger partial charge in [-0.05, 0) is 60.4 Å². The maximum absolute atomic E-state index is 11.9. The number of carbonyl (C=O) groups excluding carboxylic acids is 1. The van der Waals surface area contributed by atoms with Crippen molar-refractivity contribution in [2.24, 2.45) is 0 Å². The molecule has 0 heterocycles. The molecule has 8 heteroatoms. The van der Waals surface area contributed by atoms with E-state index in [2.05, 4.69) is 77.6 Å². The zero-order valence-electron chi connectivity index (χ0n) is 35.8. The topological polar surface area (TPSA) is 81.7 Å². The van der Waals surface area contributed by atoms with Crippen LogP contribution < -0.4 is 28.4 Å². The molecule has 314 valence electrons. The van der Waals surface area contributed by atoms with Crippen molar-refractivity contribution in [1.29, 1.82) is 0 Å². The second-order valence-corrected chi connectivity index (χ2v) is 14.8. The van der Waals surface area contributed by atoms with Crippen LogP contribution in [0.4, 0.5) is 0 Å². The molecule has 0 radical (unpaired) electrons. The zero-order valence-corrected chi connectivity index (χ0v) is 35.8. The Morgan fingerprint density at radius 2 is 0.842 bits per heavy atom. The van der Waals surface area contributed by atoms with Gasteiger partial charge >= 0.3 is 5.97 Å². The molecule has 57 heavy (non-hydrogen) atoms. The molecule has 4 rings (SSSR count). The highest BCUT2D eigenvalue weighted by molar-refractivity contribution is 6.31. The lowest BCUT2D eigenvalue weighted by Gasteiger charge is -2.26. The van der Waals surface area contributed by atoms with Gasteiger partial charge in [-0.3, -0.25) is 0 Å². The minimum absolute atomic E-state index is 0.201. The van der Waals surface area contributed by atoms with E-state index in [0.29, 0.717) is 68.2 Å². The van der Waals surface area contributed by atoms with Gasteiger partial charge in [0.2, 0.25) is 11.5 Å². The molecule has 0 spiro atoms. The molecule has 0 atom stereocenters. The zero-order chi connectivity index (χ0) is 40.7. The van der Waals surface area contributed by atoms with Crippen LogP contribution >= 0.6 is 0 Å². The van der Waals surface area contributed by atoms with E-state index in [-0.39, 0.29) is 13.2 Å². The van der Waals surface area contributed by atoms with Gasteiger partial charge in [0.1, 0.15) is 0 Å². The third-order valence-corrected chi connectivity index (χ3v) is 10.1. The Labute approximate surface area is 342 Å². The van der Waals surface area contributed by atoms with Crippen LogP contribution in [0.5, 0.6) is 34.5 Å². The van der Waals surface area contributed by atoms with Crippen LogP contribution in [0.2, 0.25) is 0 Å². The fraction of sp³-hybridized carbons (Fsp3) is 0.571. The third kappa shape index (κ3) is 12.8. The normalized spacial score (nSPS) is 11.2. The quantitative estimate of drug-likeness (QED) is 0.0216. The monoisotopic (exact) mass is 787 g/mol. The molecule has 0 aliphatic rings. The number of hydrogen-bond donors (Lipinski definition) is 0. The fourth-order valence-corrected chi connectivity index (χ4v) is 7.03. The van der Waals surface area contributed by atoms with Crippen LogP contribution in [0, 0.1) is 0 Å². The van der Waals surface area contributed by atoms with E-state index in [1.807, 2.05) is 0 Å². The molecule has 0 saturated carbocycles. The summed E-state index contributed by atoms with van der Waals surface area (Å²) in [5.41, 5.74) is 0. The van der Waals surface area contributed by atoms with Crippen LogP contribution in [-0.2, 0) is 9.53 Å². The number of hydrogen-bond acceptors (Lipinski definition) is 8. The molecule has 0 aliphatic carbocycles. The van der Waals surface area contributed by atoms with E-state index in [1.165, 1.54) is 6.08 Å². The van der Waals surface area contributed by atoms with Gasteiger partial charge in [-0.2, -0.15) is 0 Å². The van der Waals surface area contributed by atoms with Crippen LogP contribution in [-0.4, -0.2) is 52.2 Å². The minimum Gasteiger partial charge on any atom is -0.490 e. The van der Waals surface area contributed by atoms with Crippen molar-refractivity contribution in [3.05, 3.63) is 49.1 Å². The van der Waals surface area contributed by atoms with Gasteiger partial charge in [0.15, 0.2) is 23.0 Å². The van der Waals surface area contributed by atoms with E-state index in [1.54, 1.807) is 0 Å². The van der Waals surface area contributed by atoms with Crippen molar-refractivity contribution in [3.8, 4) is 34.5 Å². The highest BCUT2D eigenvalue weighted by atomic mass is 16.6. The summed E-state index contributed by atoms with van der Waals surface area (Å²) < 4.78 is 46.3. The number of ether oxygens (including phenoxy) is 7. The largest absolute Gasteiger partial charge is 0.490 e. The Bertz CT molecular complexity index is 1820. The average Bonchev–Trinajstić information content (AvgIpc) is 3.23. The maximum Gasteiger partial charge on any atom is 0.330 e. The van der Waals surface area contributed by atoms with E-state index >= 15 is 0 Å². The van der Waals surface area contributed by atoms with Crippen molar-refractivity contribution in [2.75, 3.05) is 46.2 Å². The minimum atomic E-state index is -0.454. The summed E-state index contributed by atoms with van der Waals surface area (Å²) in [4.78, 5) is 11.9. The van der Waals surface area contributed by atoms with E-state index in [4.69, 9.17) is 33.2 Å². The highest BCUT2D eigenvalue weighted by Crippen LogP contribution is 2.58. The molecule has 0 bridgehead atoms. The Balaban J connectivity index is 2.15. The molecule has 0 amide bonds. The Morgan fingerprint density at radius 1 is 0.439 bits per heavy atom. The van der Waals surface area contributed by atoms with Gasteiger partial charge in [-0.25, -0.2) is 4.79 Å². The molecule has 8 nitrogen and oxygen atoms in total. The lowest BCUT2D eigenvalue weighted by Crippen LogP contribution is -2.11. The lowest BCUT2D eigenvalue weighted by molar-refractivity contribution is -0.137. The molecule has 0 aliphatic heterocycles.